The summed E-state index contributed by atoms with van der Waals surface area (Å²) in [4.78, 5) is 23.6. The predicted octanol–water partition coefficient (Wildman–Crippen LogP) is 4.36. The van der Waals surface area contributed by atoms with E-state index in [-0.39, 0.29) is 17.2 Å². The smallest absolute Gasteiger partial charge is 0.344 e. The number of ether oxygens (including phenoxy) is 2. The van der Waals surface area contributed by atoms with Gasteiger partial charge in [0.15, 0.2) is 13.2 Å². The maximum atomic E-state index is 12.0. The van der Waals surface area contributed by atoms with Crippen LogP contribution < -0.4 is 4.74 Å². The summed E-state index contributed by atoms with van der Waals surface area (Å²) in [6, 6.07) is 11.9. The van der Waals surface area contributed by atoms with E-state index in [0.717, 1.165) is 6.42 Å². The molecule has 0 fully saturated rings. The highest BCUT2D eigenvalue weighted by atomic mass is 35.5. The highest BCUT2D eigenvalue weighted by Crippen LogP contribution is 2.21. The summed E-state index contributed by atoms with van der Waals surface area (Å²) in [5.41, 5.74) is 1.43. The van der Waals surface area contributed by atoms with E-state index in [1.807, 2.05) is 12.1 Å². The van der Waals surface area contributed by atoms with Gasteiger partial charge in [-0.05, 0) is 42.3 Å². The molecule has 2 aromatic carbocycles. The van der Waals surface area contributed by atoms with E-state index in [1.54, 1.807) is 18.2 Å². The number of ketones is 1. The van der Waals surface area contributed by atoms with E-state index in [2.05, 4.69) is 6.92 Å². The molecule has 24 heavy (non-hydrogen) atoms. The Bertz CT molecular complexity index is 726. The summed E-state index contributed by atoms with van der Waals surface area (Å²) >= 11 is 11.7. The Morgan fingerprint density at radius 3 is 2.33 bits per heavy atom. The molecule has 0 unspecified atom stereocenters. The lowest BCUT2D eigenvalue weighted by atomic mass is 10.1. The van der Waals surface area contributed by atoms with Crippen LogP contribution in [0.5, 0.6) is 5.75 Å². The third kappa shape index (κ3) is 5.25. The van der Waals surface area contributed by atoms with Crippen molar-refractivity contribution in [1.29, 1.82) is 0 Å². The van der Waals surface area contributed by atoms with Crippen molar-refractivity contribution in [3.63, 3.8) is 0 Å². The van der Waals surface area contributed by atoms with Gasteiger partial charge in [0.05, 0.1) is 5.02 Å². The van der Waals surface area contributed by atoms with Crippen LogP contribution >= 0.6 is 23.2 Å². The third-order valence-corrected chi connectivity index (χ3v) is 3.83. The molecule has 0 aromatic heterocycles. The van der Waals surface area contributed by atoms with Crippen molar-refractivity contribution in [3.8, 4) is 5.75 Å². The number of hydrogen-bond acceptors (Lipinski definition) is 4. The Labute approximate surface area is 150 Å². The zero-order valence-electron chi connectivity index (χ0n) is 13.1. The fourth-order valence-corrected chi connectivity index (χ4v) is 2.46. The van der Waals surface area contributed by atoms with Crippen LogP contribution in [0.15, 0.2) is 42.5 Å². The van der Waals surface area contributed by atoms with Crippen molar-refractivity contribution in [2.75, 3.05) is 13.2 Å². The summed E-state index contributed by atoms with van der Waals surface area (Å²) in [7, 11) is 0. The second-order valence-electron chi connectivity index (χ2n) is 4.99. The van der Waals surface area contributed by atoms with Crippen molar-refractivity contribution >= 4 is 35.0 Å². The Morgan fingerprint density at radius 1 is 1.00 bits per heavy atom. The van der Waals surface area contributed by atoms with Crippen molar-refractivity contribution in [2.24, 2.45) is 0 Å². The molecule has 0 aliphatic heterocycles. The Kier molecular flexibility index (Phi) is 6.64. The number of benzene rings is 2. The van der Waals surface area contributed by atoms with E-state index in [4.69, 9.17) is 32.7 Å². The first kappa shape index (κ1) is 18.3. The first-order valence-electron chi connectivity index (χ1n) is 7.35. The molecule has 126 valence electrons. The molecule has 0 atom stereocenters. The van der Waals surface area contributed by atoms with E-state index < -0.39 is 18.4 Å². The quantitative estimate of drug-likeness (QED) is 0.539. The largest absolute Gasteiger partial charge is 0.482 e. The van der Waals surface area contributed by atoms with Crippen molar-refractivity contribution in [1.82, 2.24) is 0 Å². The van der Waals surface area contributed by atoms with Crippen LogP contribution in [0.25, 0.3) is 0 Å². The van der Waals surface area contributed by atoms with Crippen LogP contribution in [0.2, 0.25) is 10.0 Å². The van der Waals surface area contributed by atoms with Gasteiger partial charge < -0.3 is 9.47 Å². The molecule has 0 N–H and O–H groups in total. The first-order valence-corrected chi connectivity index (χ1v) is 8.10. The van der Waals surface area contributed by atoms with Gasteiger partial charge in [0.1, 0.15) is 5.75 Å². The summed E-state index contributed by atoms with van der Waals surface area (Å²) in [5.74, 6) is -0.471. The molecule has 2 aromatic rings. The summed E-state index contributed by atoms with van der Waals surface area (Å²) in [5, 5.41) is 0.645. The summed E-state index contributed by atoms with van der Waals surface area (Å²) in [6.45, 7) is 1.38. The highest BCUT2D eigenvalue weighted by Gasteiger charge is 2.14. The van der Waals surface area contributed by atoms with Crippen LogP contribution in [0, 0.1) is 0 Å². The summed E-state index contributed by atoms with van der Waals surface area (Å²) < 4.78 is 10.2. The lowest BCUT2D eigenvalue weighted by Gasteiger charge is -2.08. The SMILES string of the molecule is CCc1ccc(OCC(=O)OCC(=O)c2ccc(Cl)cc2Cl)cc1. The van der Waals surface area contributed by atoms with Crippen LogP contribution in [0.1, 0.15) is 22.8 Å². The lowest BCUT2D eigenvalue weighted by molar-refractivity contribution is -0.144. The number of halogens is 2. The minimum atomic E-state index is -0.631. The van der Waals surface area contributed by atoms with Crippen LogP contribution in [0.4, 0.5) is 0 Å². The second kappa shape index (κ2) is 8.71. The minimum absolute atomic E-state index is 0.218. The molecule has 0 saturated heterocycles. The van der Waals surface area contributed by atoms with Gasteiger partial charge in [-0.1, -0.05) is 42.3 Å². The molecule has 0 heterocycles. The fraction of sp³-hybridized carbons (Fsp3) is 0.222. The number of carbonyl (C=O) groups is 2. The van der Waals surface area contributed by atoms with Crippen LogP contribution in [-0.2, 0) is 16.0 Å². The van der Waals surface area contributed by atoms with E-state index in [9.17, 15) is 9.59 Å². The van der Waals surface area contributed by atoms with Crippen molar-refractivity contribution in [2.45, 2.75) is 13.3 Å². The highest BCUT2D eigenvalue weighted by molar-refractivity contribution is 6.36. The molecule has 2 rings (SSSR count). The number of hydrogen-bond donors (Lipinski definition) is 0. The third-order valence-electron chi connectivity index (χ3n) is 3.28. The van der Waals surface area contributed by atoms with Crippen LogP contribution in [-0.4, -0.2) is 25.0 Å². The molecule has 0 amide bonds. The Morgan fingerprint density at radius 2 is 1.71 bits per heavy atom. The van der Waals surface area contributed by atoms with Gasteiger partial charge in [-0.2, -0.15) is 0 Å². The Hall–Kier alpha value is -2.04. The molecule has 0 spiro atoms. The predicted molar refractivity (Wildman–Crippen MR) is 93.1 cm³/mol. The van der Waals surface area contributed by atoms with Gasteiger partial charge in [-0.15, -0.1) is 0 Å². The number of Topliss-reactive ketones (excluding diaryl/α,β-unsaturated/α-hetero) is 1. The van der Waals surface area contributed by atoms with Crippen molar-refractivity contribution in [3.05, 3.63) is 63.6 Å². The molecule has 0 aliphatic carbocycles. The van der Waals surface area contributed by atoms with Gasteiger partial charge in [-0.3, -0.25) is 4.79 Å². The van der Waals surface area contributed by atoms with Gasteiger partial charge in [0, 0.05) is 10.6 Å². The maximum absolute atomic E-state index is 12.0. The molecule has 0 saturated carbocycles. The normalized spacial score (nSPS) is 10.3. The number of rotatable bonds is 7. The molecular formula is C18H16Cl2O4. The average Bonchev–Trinajstić information content (AvgIpc) is 2.58. The van der Waals surface area contributed by atoms with E-state index in [0.29, 0.717) is 10.8 Å². The molecule has 0 radical (unpaired) electrons. The van der Waals surface area contributed by atoms with Gasteiger partial charge in [-0.25, -0.2) is 4.79 Å². The van der Waals surface area contributed by atoms with E-state index >= 15 is 0 Å². The molecule has 4 nitrogen and oxygen atoms in total. The zero-order valence-corrected chi connectivity index (χ0v) is 14.6. The monoisotopic (exact) mass is 366 g/mol. The second-order valence-corrected chi connectivity index (χ2v) is 5.84. The maximum Gasteiger partial charge on any atom is 0.344 e. The first-order chi connectivity index (χ1) is 11.5. The standard InChI is InChI=1S/C18H16Cl2O4/c1-2-12-3-6-14(7-4-12)23-11-18(22)24-10-17(21)15-8-5-13(19)9-16(15)20/h3-9H,2,10-11H2,1H3. The lowest BCUT2D eigenvalue weighted by Crippen LogP contribution is -2.19. The van der Waals surface area contributed by atoms with E-state index in [1.165, 1.54) is 17.7 Å². The molecule has 0 bridgehead atoms. The number of esters is 1. The van der Waals surface area contributed by atoms with Gasteiger partial charge in [0.25, 0.3) is 0 Å². The topological polar surface area (TPSA) is 52.6 Å². The van der Waals surface area contributed by atoms with Gasteiger partial charge >= 0.3 is 5.97 Å². The minimum Gasteiger partial charge on any atom is -0.482 e. The molecule has 6 heteroatoms. The Balaban J connectivity index is 1.80. The number of aryl methyl sites for hydroxylation is 1. The van der Waals surface area contributed by atoms with Crippen molar-refractivity contribution < 1.29 is 19.1 Å². The van der Waals surface area contributed by atoms with Crippen LogP contribution in [0.3, 0.4) is 0 Å². The fourth-order valence-electron chi connectivity index (χ4n) is 1.94. The zero-order chi connectivity index (χ0) is 17.5. The summed E-state index contributed by atoms with van der Waals surface area (Å²) in [6.07, 6.45) is 0.928. The molecule has 0 aliphatic rings. The van der Waals surface area contributed by atoms with Gasteiger partial charge in [0.2, 0.25) is 5.78 Å². The average molecular weight is 367 g/mol. The molecular weight excluding hydrogens is 351 g/mol. The number of carbonyl (C=O) groups excluding carboxylic acids is 2.